The first-order valence-corrected chi connectivity index (χ1v) is 7.89. The molecule has 2 unspecified atom stereocenters. The molecule has 2 fully saturated rings. The van der Waals surface area contributed by atoms with E-state index in [0.717, 1.165) is 30.7 Å². The molecule has 0 aromatic heterocycles. The highest BCUT2D eigenvalue weighted by Crippen LogP contribution is 2.32. The molecule has 1 saturated heterocycles. The smallest absolute Gasteiger partial charge is 0.156 e. The van der Waals surface area contributed by atoms with Gasteiger partial charge in [-0.1, -0.05) is 18.2 Å². The first-order chi connectivity index (χ1) is 8.90. The van der Waals surface area contributed by atoms with Gasteiger partial charge in [-0.15, -0.1) is 0 Å². The standard InChI is InChI=1S/C13H24N2O2S/c1-16-8-9-17-7-3-6-14-13-15-12-5-2-4-11(12)10-18-13/h11-12H,2-10H2,1H3,(H,14,15). The van der Waals surface area contributed by atoms with Gasteiger partial charge in [-0.2, -0.15) is 0 Å². The van der Waals surface area contributed by atoms with Crippen LogP contribution < -0.4 is 5.32 Å². The fourth-order valence-corrected chi connectivity index (χ4v) is 3.68. The van der Waals surface area contributed by atoms with Crippen molar-refractivity contribution in [1.29, 1.82) is 0 Å². The Kier molecular flexibility index (Phi) is 6.31. The first-order valence-electron chi connectivity index (χ1n) is 6.90. The van der Waals surface area contributed by atoms with Gasteiger partial charge >= 0.3 is 0 Å². The van der Waals surface area contributed by atoms with E-state index < -0.39 is 0 Å². The lowest BCUT2D eigenvalue weighted by Crippen LogP contribution is -2.41. The number of nitrogens with zero attached hydrogens (tertiary/aromatic N) is 1. The van der Waals surface area contributed by atoms with Gasteiger partial charge < -0.3 is 14.8 Å². The van der Waals surface area contributed by atoms with Gasteiger partial charge in [0.1, 0.15) is 0 Å². The van der Waals surface area contributed by atoms with Gasteiger partial charge in [0.2, 0.25) is 0 Å². The zero-order valence-electron chi connectivity index (χ0n) is 11.2. The number of hydrogen-bond donors (Lipinski definition) is 1. The quantitative estimate of drug-likeness (QED) is 0.719. The minimum atomic E-state index is 0.676. The van der Waals surface area contributed by atoms with Crippen LogP contribution in [0, 0.1) is 5.92 Å². The molecule has 1 saturated carbocycles. The second-order valence-corrected chi connectivity index (χ2v) is 5.91. The topological polar surface area (TPSA) is 42.9 Å². The van der Waals surface area contributed by atoms with Crippen LogP contribution in [0.25, 0.3) is 0 Å². The van der Waals surface area contributed by atoms with Crippen molar-refractivity contribution in [2.45, 2.75) is 31.7 Å². The van der Waals surface area contributed by atoms with Crippen LogP contribution in [0.1, 0.15) is 25.7 Å². The van der Waals surface area contributed by atoms with E-state index in [4.69, 9.17) is 9.47 Å². The Balaban J connectivity index is 1.56. The largest absolute Gasteiger partial charge is 0.382 e. The van der Waals surface area contributed by atoms with Crippen LogP contribution in [0.2, 0.25) is 0 Å². The summed E-state index contributed by atoms with van der Waals surface area (Å²) in [7, 11) is 1.69. The summed E-state index contributed by atoms with van der Waals surface area (Å²) in [5.74, 6) is 2.13. The molecule has 104 valence electrons. The van der Waals surface area contributed by atoms with E-state index in [1.54, 1.807) is 7.11 Å². The molecule has 1 aliphatic carbocycles. The lowest BCUT2D eigenvalue weighted by molar-refractivity contribution is 0.0702. The van der Waals surface area contributed by atoms with Gasteiger partial charge in [0.15, 0.2) is 5.17 Å². The predicted octanol–water partition coefficient (Wildman–Crippen LogP) is 1.90. The van der Waals surface area contributed by atoms with Crippen molar-refractivity contribution >= 4 is 16.9 Å². The number of fused-ring (bicyclic) bond motifs is 1. The monoisotopic (exact) mass is 272 g/mol. The van der Waals surface area contributed by atoms with Crippen LogP contribution in [0.3, 0.4) is 0 Å². The van der Waals surface area contributed by atoms with E-state index >= 15 is 0 Å². The molecule has 2 atom stereocenters. The van der Waals surface area contributed by atoms with Crippen molar-refractivity contribution < 1.29 is 9.47 Å². The molecule has 1 aliphatic heterocycles. The fraction of sp³-hybridized carbons (Fsp3) is 0.923. The lowest BCUT2D eigenvalue weighted by atomic mass is 10.1. The Labute approximate surface area is 114 Å². The van der Waals surface area contributed by atoms with Crippen LogP contribution in [0.5, 0.6) is 0 Å². The summed E-state index contributed by atoms with van der Waals surface area (Å²) in [6.45, 7) is 3.00. The molecule has 0 radical (unpaired) electrons. The van der Waals surface area contributed by atoms with E-state index in [1.807, 2.05) is 11.8 Å². The third-order valence-corrected chi connectivity index (χ3v) is 4.65. The Morgan fingerprint density at radius 3 is 3.17 bits per heavy atom. The maximum atomic E-state index is 5.41. The highest BCUT2D eigenvalue weighted by atomic mass is 32.2. The summed E-state index contributed by atoms with van der Waals surface area (Å²) >= 11 is 1.89. The SMILES string of the molecule is COCCOCCCN=C1NC2CCCC2CS1. The number of nitrogens with one attached hydrogen (secondary N) is 1. The van der Waals surface area contributed by atoms with Crippen LogP contribution >= 0.6 is 11.8 Å². The Hall–Kier alpha value is -0.260. The highest BCUT2D eigenvalue weighted by Gasteiger charge is 2.31. The molecule has 0 bridgehead atoms. The summed E-state index contributed by atoms with van der Waals surface area (Å²) in [5, 5.41) is 4.73. The molecule has 4 nitrogen and oxygen atoms in total. The minimum Gasteiger partial charge on any atom is -0.382 e. The maximum absolute atomic E-state index is 5.41. The molecule has 0 spiro atoms. The van der Waals surface area contributed by atoms with Crippen molar-refractivity contribution in [2.24, 2.45) is 10.9 Å². The van der Waals surface area contributed by atoms with Gasteiger partial charge in [-0.3, -0.25) is 4.99 Å². The van der Waals surface area contributed by atoms with E-state index in [-0.39, 0.29) is 0 Å². The Morgan fingerprint density at radius 1 is 1.33 bits per heavy atom. The normalized spacial score (nSPS) is 29.3. The molecule has 0 aromatic carbocycles. The average Bonchev–Trinajstić information content (AvgIpc) is 2.85. The van der Waals surface area contributed by atoms with Gasteiger partial charge in [-0.25, -0.2) is 0 Å². The average molecular weight is 272 g/mol. The molecule has 1 heterocycles. The summed E-state index contributed by atoms with van der Waals surface area (Å²) in [6, 6.07) is 0.697. The van der Waals surface area contributed by atoms with Crippen molar-refractivity contribution in [3.63, 3.8) is 0 Å². The van der Waals surface area contributed by atoms with Crippen LogP contribution in [-0.2, 0) is 9.47 Å². The van der Waals surface area contributed by atoms with E-state index in [2.05, 4.69) is 10.3 Å². The zero-order valence-corrected chi connectivity index (χ0v) is 12.0. The number of ether oxygens (including phenoxy) is 2. The third-order valence-electron chi connectivity index (χ3n) is 3.54. The molecule has 0 aromatic rings. The third kappa shape index (κ3) is 4.44. The molecule has 2 aliphatic rings. The number of thioether (sulfide) groups is 1. The number of rotatable bonds is 7. The van der Waals surface area contributed by atoms with Gasteiger partial charge in [0, 0.05) is 32.1 Å². The van der Waals surface area contributed by atoms with E-state index in [9.17, 15) is 0 Å². The minimum absolute atomic E-state index is 0.676. The predicted molar refractivity (Wildman–Crippen MR) is 76.3 cm³/mol. The number of aliphatic imine (C=N–C) groups is 1. The first kappa shape index (κ1) is 14.2. The summed E-state index contributed by atoms with van der Waals surface area (Å²) in [5.41, 5.74) is 0. The van der Waals surface area contributed by atoms with E-state index in [0.29, 0.717) is 19.3 Å². The Morgan fingerprint density at radius 2 is 2.28 bits per heavy atom. The van der Waals surface area contributed by atoms with Crippen LogP contribution in [-0.4, -0.2) is 50.4 Å². The molecule has 2 rings (SSSR count). The second-order valence-electron chi connectivity index (χ2n) is 4.90. The number of methoxy groups -OCH3 is 1. The molecule has 5 heteroatoms. The molecule has 0 amide bonds. The van der Waals surface area contributed by atoms with Crippen LogP contribution in [0.4, 0.5) is 0 Å². The zero-order chi connectivity index (χ0) is 12.6. The molecular weight excluding hydrogens is 248 g/mol. The fourth-order valence-electron chi connectivity index (χ4n) is 2.50. The van der Waals surface area contributed by atoms with Crippen molar-refractivity contribution in [1.82, 2.24) is 5.32 Å². The van der Waals surface area contributed by atoms with Gasteiger partial charge in [0.05, 0.1) is 13.2 Å². The van der Waals surface area contributed by atoms with Gasteiger partial charge in [0.25, 0.3) is 0 Å². The molecular formula is C13H24N2O2S. The second kappa shape index (κ2) is 8.02. The Bertz CT molecular complexity index is 274. The lowest BCUT2D eigenvalue weighted by Gasteiger charge is -2.28. The molecule has 18 heavy (non-hydrogen) atoms. The molecule has 1 N–H and O–H groups in total. The van der Waals surface area contributed by atoms with Gasteiger partial charge in [-0.05, 0) is 25.2 Å². The van der Waals surface area contributed by atoms with E-state index in [1.165, 1.54) is 25.0 Å². The van der Waals surface area contributed by atoms with Crippen molar-refractivity contribution in [3.05, 3.63) is 0 Å². The summed E-state index contributed by atoms with van der Waals surface area (Å²) in [4.78, 5) is 4.62. The summed E-state index contributed by atoms with van der Waals surface area (Å²) in [6.07, 6.45) is 5.09. The maximum Gasteiger partial charge on any atom is 0.156 e. The van der Waals surface area contributed by atoms with Crippen molar-refractivity contribution in [3.8, 4) is 0 Å². The number of hydrogen-bond acceptors (Lipinski definition) is 4. The van der Waals surface area contributed by atoms with Crippen molar-refractivity contribution in [2.75, 3.05) is 39.2 Å². The van der Waals surface area contributed by atoms with Crippen LogP contribution in [0.15, 0.2) is 4.99 Å². The highest BCUT2D eigenvalue weighted by molar-refractivity contribution is 8.13. The number of amidine groups is 1. The summed E-state index contributed by atoms with van der Waals surface area (Å²) < 4.78 is 10.3.